The number of nitrogens with zero attached hydrogens (tertiary/aromatic N) is 2. The van der Waals surface area contributed by atoms with Gasteiger partial charge in [-0.3, -0.25) is 14.9 Å². The third-order valence-corrected chi connectivity index (χ3v) is 7.11. The van der Waals surface area contributed by atoms with Gasteiger partial charge >= 0.3 is 6.03 Å². The summed E-state index contributed by atoms with van der Waals surface area (Å²) < 4.78 is 10.5. The minimum Gasteiger partial charge on any atom is -0.497 e. The maximum absolute atomic E-state index is 13.4. The van der Waals surface area contributed by atoms with E-state index in [1.807, 2.05) is 19.2 Å². The van der Waals surface area contributed by atoms with Gasteiger partial charge in [-0.1, -0.05) is 18.5 Å². The predicted molar refractivity (Wildman–Crippen MR) is 136 cm³/mol. The molecule has 35 heavy (non-hydrogen) atoms. The number of methoxy groups -OCH3 is 2. The third-order valence-electron chi connectivity index (χ3n) is 6.78. The molecule has 1 N–H and O–H groups in total. The van der Waals surface area contributed by atoms with Crippen molar-refractivity contribution in [2.45, 2.75) is 38.6 Å². The van der Waals surface area contributed by atoms with Crippen molar-refractivity contribution in [1.29, 1.82) is 0 Å². The molecular formula is C26H28ClN3O5. The molecule has 184 valence electrons. The number of hydrogen-bond acceptors (Lipinski definition) is 6. The molecule has 0 aliphatic carbocycles. The molecule has 2 aromatic carbocycles. The zero-order valence-electron chi connectivity index (χ0n) is 20.6. The maximum Gasteiger partial charge on any atom is 0.336 e. The lowest BCUT2D eigenvalue weighted by molar-refractivity contribution is -0.122. The molecule has 9 heteroatoms. The molecule has 1 saturated heterocycles. The number of ether oxygens (including phenoxy) is 2. The Morgan fingerprint density at radius 2 is 1.80 bits per heavy atom. The highest BCUT2D eigenvalue weighted by Crippen LogP contribution is 2.44. The molecule has 2 heterocycles. The number of benzene rings is 2. The van der Waals surface area contributed by atoms with Crippen LogP contribution < -0.4 is 24.6 Å². The average Bonchev–Trinajstić information content (AvgIpc) is 2.80. The van der Waals surface area contributed by atoms with Gasteiger partial charge in [-0.2, -0.15) is 0 Å². The van der Waals surface area contributed by atoms with Crippen molar-refractivity contribution in [3.8, 4) is 11.5 Å². The van der Waals surface area contributed by atoms with Gasteiger partial charge in [0.1, 0.15) is 17.1 Å². The lowest BCUT2D eigenvalue weighted by Crippen LogP contribution is -2.54. The molecule has 4 rings (SSSR count). The molecule has 0 bridgehead atoms. The standard InChI is InChI=1S/C26H28ClN3O5/c1-14-13-26(2,3)29(4)21-12-19(27)15(9-17(14)21)10-18-23(31)28-25(33)30(24(18)32)20-8-7-16(34-5)11-22(20)35-6/h7-12,14H,13H2,1-6H3,(H,28,31,33)/b18-10+. The molecule has 0 aromatic heterocycles. The van der Waals surface area contributed by atoms with Gasteiger partial charge in [0.15, 0.2) is 0 Å². The number of halogens is 1. The Hall–Kier alpha value is -3.52. The first kappa shape index (κ1) is 24.6. The summed E-state index contributed by atoms with van der Waals surface area (Å²) in [6, 6.07) is 7.58. The van der Waals surface area contributed by atoms with Crippen LogP contribution in [-0.4, -0.2) is 44.7 Å². The number of carbonyl (C=O) groups is 3. The summed E-state index contributed by atoms with van der Waals surface area (Å²) in [5, 5.41) is 2.64. The summed E-state index contributed by atoms with van der Waals surface area (Å²) in [5.74, 6) is -0.576. The Kier molecular flexibility index (Phi) is 6.27. The summed E-state index contributed by atoms with van der Waals surface area (Å²) in [6.45, 7) is 6.51. The van der Waals surface area contributed by atoms with Crippen LogP contribution in [-0.2, 0) is 9.59 Å². The lowest BCUT2D eigenvalue weighted by Gasteiger charge is -2.45. The van der Waals surface area contributed by atoms with Gasteiger partial charge in [-0.25, -0.2) is 9.69 Å². The molecule has 8 nitrogen and oxygen atoms in total. The number of fused-ring (bicyclic) bond motifs is 1. The predicted octanol–water partition coefficient (Wildman–Crippen LogP) is 4.75. The van der Waals surface area contributed by atoms with Crippen LogP contribution in [0.1, 0.15) is 44.2 Å². The topological polar surface area (TPSA) is 88.2 Å². The molecular weight excluding hydrogens is 470 g/mol. The Labute approximate surface area is 209 Å². The van der Waals surface area contributed by atoms with Crippen LogP contribution in [0, 0.1) is 0 Å². The molecule has 0 radical (unpaired) electrons. The Balaban J connectivity index is 1.78. The average molecular weight is 498 g/mol. The summed E-state index contributed by atoms with van der Waals surface area (Å²) in [6.07, 6.45) is 2.37. The fourth-order valence-corrected chi connectivity index (χ4v) is 4.93. The van der Waals surface area contributed by atoms with Crippen LogP contribution in [0.4, 0.5) is 16.2 Å². The zero-order valence-corrected chi connectivity index (χ0v) is 21.3. The van der Waals surface area contributed by atoms with E-state index in [9.17, 15) is 14.4 Å². The largest absolute Gasteiger partial charge is 0.497 e. The van der Waals surface area contributed by atoms with Crippen molar-refractivity contribution in [2.24, 2.45) is 0 Å². The van der Waals surface area contributed by atoms with E-state index in [0.717, 1.165) is 22.6 Å². The third kappa shape index (κ3) is 4.23. The monoisotopic (exact) mass is 497 g/mol. The van der Waals surface area contributed by atoms with E-state index in [-0.39, 0.29) is 28.5 Å². The van der Waals surface area contributed by atoms with E-state index in [1.54, 1.807) is 12.1 Å². The second-order valence-electron chi connectivity index (χ2n) is 9.40. The van der Waals surface area contributed by atoms with E-state index in [1.165, 1.54) is 26.4 Å². The quantitative estimate of drug-likeness (QED) is 0.484. The van der Waals surface area contributed by atoms with Gasteiger partial charge in [0.2, 0.25) is 0 Å². The highest BCUT2D eigenvalue weighted by atomic mass is 35.5. The van der Waals surface area contributed by atoms with Crippen molar-refractivity contribution >= 4 is 46.9 Å². The first-order chi connectivity index (χ1) is 16.5. The molecule has 1 unspecified atom stereocenters. The Morgan fingerprint density at radius 3 is 2.46 bits per heavy atom. The number of rotatable bonds is 4. The lowest BCUT2D eigenvalue weighted by atomic mass is 9.80. The van der Waals surface area contributed by atoms with Crippen LogP contribution in [0.3, 0.4) is 0 Å². The molecule has 2 aliphatic rings. The first-order valence-corrected chi connectivity index (χ1v) is 11.6. The van der Waals surface area contributed by atoms with Crippen LogP contribution in [0.25, 0.3) is 6.08 Å². The van der Waals surface area contributed by atoms with Gasteiger partial charge in [-0.05, 0) is 67.7 Å². The number of amides is 4. The second-order valence-corrected chi connectivity index (χ2v) is 9.81. The number of imide groups is 2. The van der Waals surface area contributed by atoms with E-state index < -0.39 is 17.8 Å². The number of urea groups is 1. The van der Waals surface area contributed by atoms with Crippen molar-refractivity contribution in [3.05, 3.63) is 52.1 Å². The Bertz CT molecular complexity index is 1270. The van der Waals surface area contributed by atoms with E-state index in [4.69, 9.17) is 21.1 Å². The molecule has 0 spiro atoms. The number of carbonyl (C=O) groups excluding carboxylic acids is 3. The summed E-state index contributed by atoms with van der Waals surface area (Å²) in [7, 11) is 4.94. The summed E-state index contributed by atoms with van der Waals surface area (Å²) in [5.41, 5.74) is 2.56. The van der Waals surface area contributed by atoms with E-state index in [2.05, 4.69) is 31.0 Å². The fraction of sp³-hybridized carbons (Fsp3) is 0.346. The first-order valence-electron chi connectivity index (χ1n) is 11.2. The smallest absolute Gasteiger partial charge is 0.336 e. The van der Waals surface area contributed by atoms with Gasteiger partial charge in [-0.15, -0.1) is 0 Å². The second kappa shape index (κ2) is 8.92. The maximum atomic E-state index is 13.4. The molecule has 2 aliphatic heterocycles. The van der Waals surface area contributed by atoms with E-state index in [0.29, 0.717) is 16.3 Å². The molecule has 2 aromatic rings. The minimum atomic E-state index is -0.866. The van der Waals surface area contributed by atoms with Crippen LogP contribution >= 0.6 is 11.6 Å². The number of nitrogens with one attached hydrogen (secondary N) is 1. The molecule has 0 saturated carbocycles. The molecule has 1 atom stereocenters. The normalized spacial score (nSPS) is 20.6. The van der Waals surface area contributed by atoms with Gasteiger partial charge in [0.05, 0.1) is 19.9 Å². The van der Waals surface area contributed by atoms with Crippen molar-refractivity contribution in [2.75, 3.05) is 31.1 Å². The summed E-state index contributed by atoms with van der Waals surface area (Å²) in [4.78, 5) is 41.8. The Morgan fingerprint density at radius 1 is 1.09 bits per heavy atom. The van der Waals surface area contributed by atoms with Crippen LogP contribution in [0.15, 0.2) is 35.9 Å². The van der Waals surface area contributed by atoms with Gasteiger partial charge in [0, 0.05) is 29.4 Å². The fourth-order valence-electron chi connectivity index (χ4n) is 4.72. The number of anilines is 2. The zero-order chi connectivity index (χ0) is 25.7. The minimum absolute atomic E-state index is 0.0345. The van der Waals surface area contributed by atoms with Gasteiger partial charge in [0.25, 0.3) is 11.8 Å². The number of barbiturate groups is 1. The summed E-state index contributed by atoms with van der Waals surface area (Å²) >= 11 is 6.62. The highest BCUT2D eigenvalue weighted by molar-refractivity contribution is 6.40. The van der Waals surface area contributed by atoms with Crippen molar-refractivity contribution < 1.29 is 23.9 Å². The van der Waals surface area contributed by atoms with Crippen molar-refractivity contribution in [3.63, 3.8) is 0 Å². The van der Waals surface area contributed by atoms with Crippen molar-refractivity contribution in [1.82, 2.24) is 5.32 Å². The van der Waals surface area contributed by atoms with E-state index >= 15 is 0 Å². The van der Waals surface area contributed by atoms with Crippen LogP contribution in [0.2, 0.25) is 5.02 Å². The molecule has 1 fully saturated rings. The molecule has 4 amide bonds. The number of hydrogen-bond donors (Lipinski definition) is 1. The highest BCUT2D eigenvalue weighted by Gasteiger charge is 2.39. The van der Waals surface area contributed by atoms with Crippen LogP contribution in [0.5, 0.6) is 11.5 Å². The van der Waals surface area contributed by atoms with Gasteiger partial charge < -0.3 is 14.4 Å². The SMILES string of the molecule is COc1ccc(N2C(=O)NC(=O)/C(=C\c3cc4c(cc3Cl)N(C)C(C)(C)CC4C)C2=O)c(OC)c1.